The Morgan fingerprint density at radius 3 is 2.88 bits per heavy atom. The summed E-state index contributed by atoms with van der Waals surface area (Å²) in [6.45, 7) is 1.44. The van der Waals surface area contributed by atoms with Crippen molar-refractivity contribution in [1.82, 2.24) is 15.3 Å². The van der Waals surface area contributed by atoms with Gasteiger partial charge in [0, 0.05) is 24.6 Å². The first-order valence-corrected chi connectivity index (χ1v) is 5.55. The number of hydrogen-bond donors (Lipinski definition) is 2. The van der Waals surface area contributed by atoms with Crippen LogP contribution in [0.15, 0.2) is 0 Å². The molecule has 1 aliphatic heterocycles. The van der Waals surface area contributed by atoms with Crippen LogP contribution in [0.1, 0.15) is 41.5 Å². The molecule has 2 N–H and O–H groups in total. The standard InChI is InChI=1S/C11H13N3O2/c15-10(16)3-8-7-4-12-5-9(7)14-11(13-8)6-1-2-6/h6,12H,1-5H2,(H,15,16). The van der Waals surface area contributed by atoms with E-state index in [1.165, 1.54) is 0 Å². The van der Waals surface area contributed by atoms with E-state index < -0.39 is 5.97 Å². The minimum Gasteiger partial charge on any atom is -0.481 e. The Bertz CT molecular complexity index is 455. The lowest BCUT2D eigenvalue weighted by Crippen LogP contribution is -2.10. The fraction of sp³-hybridized carbons (Fsp3) is 0.545. The minimum absolute atomic E-state index is 0.00620. The maximum Gasteiger partial charge on any atom is 0.309 e. The van der Waals surface area contributed by atoms with Crippen molar-refractivity contribution >= 4 is 5.97 Å². The second-order valence-electron chi connectivity index (χ2n) is 4.40. The van der Waals surface area contributed by atoms with Crippen LogP contribution in [0.4, 0.5) is 0 Å². The molecule has 0 aromatic carbocycles. The van der Waals surface area contributed by atoms with Crippen LogP contribution < -0.4 is 5.32 Å². The molecule has 0 spiro atoms. The summed E-state index contributed by atoms with van der Waals surface area (Å²) >= 11 is 0. The van der Waals surface area contributed by atoms with Crippen LogP contribution >= 0.6 is 0 Å². The first kappa shape index (κ1) is 9.72. The van der Waals surface area contributed by atoms with Crippen molar-refractivity contribution in [1.29, 1.82) is 0 Å². The van der Waals surface area contributed by atoms with Gasteiger partial charge in [0.25, 0.3) is 0 Å². The third-order valence-electron chi connectivity index (χ3n) is 3.05. The molecule has 1 saturated carbocycles. The molecular weight excluding hydrogens is 206 g/mol. The molecule has 0 amide bonds. The number of hydrogen-bond acceptors (Lipinski definition) is 4. The Hall–Kier alpha value is -1.49. The number of fused-ring (bicyclic) bond motifs is 1. The lowest BCUT2D eigenvalue weighted by molar-refractivity contribution is -0.136. The maximum absolute atomic E-state index is 10.8. The van der Waals surface area contributed by atoms with Gasteiger partial charge >= 0.3 is 5.97 Å². The van der Waals surface area contributed by atoms with E-state index >= 15 is 0 Å². The fourth-order valence-electron chi connectivity index (χ4n) is 2.07. The Labute approximate surface area is 92.9 Å². The van der Waals surface area contributed by atoms with Gasteiger partial charge in [-0.05, 0) is 12.8 Å². The van der Waals surface area contributed by atoms with E-state index in [1.807, 2.05) is 0 Å². The molecule has 1 aliphatic carbocycles. The van der Waals surface area contributed by atoms with E-state index in [1.54, 1.807) is 0 Å². The van der Waals surface area contributed by atoms with E-state index in [2.05, 4.69) is 15.3 Å². The second-order valence-corrected chi connectivity index (χ2v) is 4.40. The van der Waals surface area contributed by atoms with Crippen molar-refractivity contribution in [2.75, 3.05) is 0 Å². The third kappa shape index (κ3) is 1.67. The van der Waals surface area contributed by atoms with Crippen molar-refractivity contribution in [3.63, 3.8) is 0 Å². The number of carboxylic acid groups (broad SMARTS) is 1. The van der Waals surface area contributed by atoms with Crippen LogP contribution in [0, 0.1) is 0 Å². The summed E-state index contributed by atoms with van der Waals surface area (Å²) in [7, 11) is 0. The van der Waals surface area contributed by atoms with Crippen LogP contribution in [0.25, 0.3) is 0 Å². The van der Waals surface area contributed by atoms with Gasteiger partial charge in [-0.25, -0.2) is 9.97 Å². The molecule has 5 nitrogen and oxygen atoms in total. The number of nitrogens with one attached hydrogen (secondary N) is 1. The average Bonchev–Trinajstić information content (AvgIpc) is 2.96. The van der Waals surface area contributed by atoms with Crippen LogP contribution in [-0.2, 0) is 24.3 Å². The number of carbonyl (C=O) groups is 1. The fourth-order valence-corrected chi connectivity index (χ4v) is 2.07. The zero-order valence-corrected chi connectivity index (χ0v) is 8.86. The Morgan fingerprint density at radius 2 is 2.19 bits per heavy atom. The summed E-state index contributed by atoms with van der Waals surface area (Å²) in [6, 6.07) is 0. The molecule has 2 heterocycles. The van der Waals surface area contributed by atoms with Gasteiger partial charge in [0.2, 0.25) is 0 Å². The quantitative estimate of drug-likeness (QED) is 0.778. The molecule has 0 unspecified atom stereocenters. The third-order valence-corrected chi connectivity index (χ3v) is 3.05. The highest BCUT2D eigenvalue weighted by Crippen LogP contribution is 2.38. The van der Waals surface area contributed by atoms with E-state index in [9.17, 15) is 4.79 Å². The highest BCUT2D eigenvalue weighted by Gasteiger charge is 2.29. The molecule has 0 saturated heterocycles. The zero-order chi connectivity index (χ0) is 11.1. The minimum atomic E-state index is -0.824. The largest absolute Gasteiger partial charge is 0.481 e. The molecule has 0 bridgehead atoms. The van der Waals surface area contributed by atoms with E-state index in [0.717, 1.165) is 36.5 Å². The monoisotopic (exact) mass is 219 g/mol. The van der Waals surface area contributed by atoms with Crippen LogP contribution in [0.3, 0.4) is 0 Å². The lowest BCUT2D eigenvalue weighted by atomic mass is 10.1. The highest BCUT2D eigenvalue weighted by molar-refractivity contribution is 5.70. The van der Waals surface area contributed by atoms with Gasteiger partial charge in [-0.2, -0.15) is 0 Å². The Balaban J connectivity index is 2.02. The second kappa shape index (κ2) is 3.52. The van der Waals surface area contributed by atoms with Crippen molar-refractivity contribution < 1.29 is 9.90 Å². The Morgan fingerprint density at radius 1 is 1.38 bits per heavy atom. The summed E-state index contributed by atoms with van der Waals surface area (Å²) in [4.78, 5) is 19.7. The molecule has 84 valence electrons. The number of aliphatic carboxylic acids is 1. The van der Waals surface area contributed by atoms with Crippen LogP contribution in [0.5, 0.6) is 0 Å². The predicted octanol–water partition coefficient (Wildman–Crippen LogP) is 0.584. The first-order chi connectivity index (χ1) is 7.74. The molecule has 16 heavy (non-hydrogen) atoms. The molecule has 5 heteroatoms. The Kier molecular flexibility index (Phi) is 2.14. The number of rotatable bonds is 3. The molecule has 2 aliphatic rings. The molecule has 0 atom stereocenters. The van der Waals surface area contributed by atoms with Crippen molar-refractivity contribution in [3.8, 4) is 0 Å². The predicted molar refractivity (Wildman–Crippen MR) is 55.9 cm³/mol. The maximum atomic E-state index is 10.8. The van der Waals surface area contributed by atoms with Gasteiger partial charge in [0.1, 0.15) is 5.82 Å². The summed E-state index contributed by atoms with van der Waals surface area (Å²) in [6.07, 6.45) is 2.28. The van der Waals surface area contributed by atoms with Gasteiger partial charge in [0.05, 0.1) is 17.8 Å². The SMILES string of the molecule is O=C(O)Cc1nc(C2CC2)nc2c1CNC2. The molecule has 3 rings (SSSR count). The van der Waals surface area contributed by atoms with Gasteiger partial charge in [0.15, 0.2) is 0 Å². The van der Waals surface area contributed by atoms with Gasteiger partial charge < -0.3 is 10.4 Å². The van der Waals surface area contributed by atoms with Crippen LogP contribution in [0.2, 0.25) is 0 Å². The first-order valence-electron chi connectivity index (χ1n) is 5.55. The smallest absolute Gasteiger partial charge is 0.309 e. The topological polar surface area (TPSA) is 75.1 Å². The van der Waals surface area contributed by atoms with Gasteiger partial charge in [-0.3, -0.25) is 4.79 Å². The number of nitrogens with zero attached hydrogens (tertiary/aromatic N) is 2. The molecular formula is C11H13N3O2. The average molecular weight is 219 g/mol. The highest BCUT2D eigenvalue weighted by atomic mass is 16.4. The summed E-state index contributed by atoms with van der Waals surface area (Å²) in [5, 5.41) is 12.1. The molecule has 1 aromatic heterocycles. The zero-order valence-electron chi connectivity index (χ0n) is 8.86. The normalized spacial score (nSPS) is 18.5. The summed E-state index contributed by atoms with van der Waals surface area (Å²) < 4.78 is 0. The van der Waals surface area contributed by atoms with Crippen molar-refractivity contribution in [3.05, 3.63) is 22.8 Å². The van der Waals surface area contributed by atoms with Gasteiger partial charge in [-0.1, -0.05) is 0 Å². The number of aromatic nitrogens is 2. The summed E-state index contributed by atoms with van der Waals surface area (Å²) in [5.41, 5.74) is 2.68. The van der Waals surface area contributed by atoms with E-state index in [-0.39, 0.29) is 6.42 Å². The summed E-state index contributed by atoms with van der Waals surface area (Å²) in [5.74, 6) is 0.492. The lowest BCUT2D eigenvalue weighted by Gasteiger charge is -2.07. The molecule has 0 radical (unpaired) electrons. The van der Waals surface area contributed by atoms with Gasteiger partial charge in [-0.15, -0.1) is 0 Å². The van der Waals surface area contributed by atoms with Crippen molar-refractivity contribution in [2.45, 2.75) is 38.3 Å². The van der Waals surface area contributed by atoms with E-state index in [0.29, 0.717) is 18.2 Å². The van der Waals surface area contributed by atoms with Crippen molar-refractivity contribution in [2.24, 2.45) is 0 Å². The number of carboxylic acids is 1. The van der Waals surface area contributed by atoms with Crippen LogP contribution in [-0.4, -0.2) is 21.0 Å². The van der Waals surface area contributed by atoms with E-state index in [4.69, 9.17) is 5.11 Å². The molecule has 1 aromatic rings. The molecule has 1 fully saturated rings.